The lowest BCUT2D eigenvalue weighted by molar-refractivity contribution is 0.0601. The number of esters is 1. The molecule has 0 saturated carbocycles. The Balaban J connectivity index is 2.16. The first-order valence-electron chi connectivity index (χ1n) is 6.23. The average molecular weight is 275 g/mol. The Labute approximate surface area is 117 Å². The Morgan fingerprint density at radius 1 is 1.37 bits per heavy atom. The number of rotatable bonds is 5. The molecule has 19 heavy (non-hydrogen) atoms. The highest BCUT2D eigenvalue weighted by atomic mass is 32.1. The van der Waals surface area contributed by atoms with Gasteiger partial charge in [-0.15, -0.1) is 11.3 Å². The van der Waals surface area contributed by atoms with E-state index in [1.165, 1.54) is 12.0 Å². The van der Waals surface area contributed by atoms with E-state index in [9.17, 15) is 4.79 Å². The number of ether oxygens (including phenoxy) is 1. The number of nitrogens with one attached hydrogen (secondary N) is 1. The van der Waals surface area contributed by atoms with Crippen molar-refractivity contribution < 1.29 is 9.53 Å². The molecule has 3 nitrogen and oxygen atoms in total. The normalized spacial score (nSPS) is 11.9. The van der Waals surface area contributed by atoms with Gasteiger partial charge in [-0.1, -0.05) is 19.1 Å². The Hall–Kier alpha value is -1.81. The zero-order valence-corrected chi connectivity index (χ0v) is 11.9. The van der Waals surface area contributed by atoms with Crippen molar-refractivity contribution in [3.63, 3.8) is 0 Å². The quantitative estimate of drug-likeness (QED) is 0.835. The summed E-state index contributed by atoms with van der Waals surface area (Å²) >= 11 is 1.74. The van der Waals surface area contributed by atoms with Gasteiger partial charge in [0.25, 0.3) is 0 Å². The maximum absolute atomic E-state index is 11.5. The third-order valence-electron chi connectivity index (χ3n) is 2.92. The summed E-state index contributed by atoms with van der Waals surface area (Å²) in [6.45, 7) is 2.14. The molecule has 100 valence electrons. The molecule has 1 aromatic carbocycles. The molecule has 0 amide bonds. The third kappa shape index (κ3) is 3.35. The number of methoxy groups -OCH3 is 1. The standard InChI is InChI=1S/C15H17NO2S/c1-3-13(14-8-5-9-19-14)16-12-7-4-6-11(10-12)15(17)18-2/h4-10,13,16H,3H2,1-2H3. The van der Waals surface area contributed by atoms with E-state index >= 15 is 0 Å². The second-order valence-corrected chi connectivity index (χ2v) is 5.17. The molecule has 0 saturated heterocycles. The molecule has 0 aliphatic carbocycles. The predicted molar refractivity (Wildman–Crippen MR) is 78.8 cm³/mol. The van der Waals surface area contributed by atoms with Crippen molar-refractivity contribution >= 4 is 23.0 Å². The van der Waals surface area contributed by atoms with Gasteiger partial charge in [0.15, 0.2) is 0 Å². The summed E-state index contributed by atoms with van der Waals surface area (Å²) < 4.78 is 4.73. The summed E-state index contributed by atoms with van der Waals surface area (Å²) in [6, 6.07) is 11.8. The molecule has 0 aliphatic heterocycles. The number of anilines is 1. The van der Waals surface area contributed by atoms with Crippen molar-refractivity contribution in [2.24, 2.45) is 0 Å². The van der Waals surface area contributed by atoms with Gasteiger partial charge in [-0.05, 0) is 36.1 Å². The van der Waals surface area contributed by atoms with Crippen LogP contribution in [0.5, 0.6) is 0 Å². The second-order valence-electron chi connectivity index (χ2n) is 4.19. The van der Waals surface area contributed by atoms with Crippen LogP contribution >= 0.6 is 11.3 Å². The van der Waals surface area contributed by atoms with Gasteiger partial charge in [-0.3, -0.25) is 0 Å². The molecule has 0 radical (unpaired) electrons. The molecule has 4 heteroatoms. The molecular weight excluding hydrogens is 258 g/mol. The zero-order valence-electron chi connectivity index (χ0n) is 11.1. The minimum absolute atomic E-state index is 0.271. The van der Waals surface area contributed by atoms with Crippen LogP contribution in [0.25, 0.3) is 0 Å². The van der Waals surface area contributed by atoms with E-state index in [2.05, 4.69) is 29.8 Å². The lowest BCUT2D eigenvalue weighted by atomic mass is 10.1. The second kappa shape index (κ2) is 6.38. The van der Waals surface area contributed by atoms with Crippen LogP contribution in [0.3, 0.4) is 0 Å². The lowest BCUT2D eigenvalue weighted by Gasteiger charge is -2.17. The van der Waals surface area contributed by atoms with Gasteiger partial charge >= 0.3 is 5.97 Å². The minimum Gasteiger partial charge on any atom is -0.465 e. The first-order chi connectivity index (χ1) is 9.24. The molecular formula is C15H17NO2S. The van der Waals surface area contributed by atoms with Crippen molar-refractivity contribution in [1.29, 1.82) is 0 Å². The van der Waals surface area contributed by atoms with Gasteiger partial charge in [0, 0.05) is 10.6 Å². The SMILES string of the molecule is CCC(Nc1cccc(C(=O)OC)c1)c1cccs1. The summed E-state index contributed by atoms with van der Waals surface area (Å²) in [6.07, 6.45) is 0.989. The Morgan fingerprint density at radius 3 is 2.84 bits per heavy atom. The van der Waals surface area contributed by atoms with Crippen LogP contribution in [0.4, 0.5) is 5.69 Å². The van der Waals surface area contributed by atoms with Crippen molar-refractivity contribution in [3.05, 3.63) is 52.2 Å². The first kappa shape index (κ1) is 13.6. The molecule has 1 aromatic heterocycles. The highest BCUT2D eigenvalue weighted by Gasteiger charge is 2.11. The van der Waals surface area contributed by atoms with E-state index in [0.29, 0.717) is 5.56 Å². The van der Waals surface area contributed by atoms with E-state index in [0.717, 1.165) is 12.1 Å². The molecule has 1 heterocycles. The third-order valence-corrected chi connectivity index (χ3v) is 3.91. The van der Waals surface area contributed by atoms with E-state index < -0.39 is 0 Å². The number of carbonyl (C=O) groups excluding carboxylic acids is 1. The fourth-order valence-electron chi connectivity index (χ4n) is 1.92. The van der Waals surface area contributed by atoms with Gasteiger partial charge in [0.1, 0.15) is 0 Å². The van der Waals surface area contributed by atoms with Crippen molar-refractivity contribution in [1.82, 2.24) is 0 Å². The van der Waals surface area contributed by atoms with E-state index in [1.54, 1.807) is 17.4 Å². The fraction of sp³-hybridized carbons (Fsp3) is 0.267. The van der Waals surface area contributed by atoms with Gasteiger partial charge in [-0.25, -0.2) is 4.79 Å². The van der Waals surface area contributed by atoms with Crippen LogP contribution in [-0.4, -0.2) is 13.1 Å². The average Bonchev–Trinajstić information content (AvgIpc) is 2.98. The van der Waals surface area contributed by atoms with E-state index in [-0.39, 0.29) is 12.0 Å². The van der Waals surface area contributed by atoms with Crippen LogP contribution in [0, 0.1) is 0 Å². The van der Waals surface area contributed by atoms with Gasteiger partial charge in [0.05, 0.1) is 18.7 Å². The minimum atomic E-state index is -0.312. The number of carbonyl (C=O) groups is 1. The molecule has 0 bridgehead atoms. The summed E-state index contributed by atoms with van der Waals surface area (Å²) in [7, 11) is 1.39. The van der Waals surface area contributed by atoms with Crippen molar-refractivity contribution in [2.75, 3.05) is 12.4 Å². The highest BCUT2D eigenvalue weighted by Crippen LogP contribution is 2.26. The lowest BCUT2D eigenvalue weighted by Crippen LogP contribution is -2.09. The summed E-state index contributed by atoms with van der Waals surface area (Å²) in [4.78, 5) is 12.8. The monoisotopic (exact) mass is 275 g/mol. The van der Waals surface area contributed by atoms with E-state index in [4.69, 9.17) is 4.74 Å². The topological polar surface area (TPSA) is 38.3 Å². The smallest absolute Gasteiger partial charge is 0.337 e. The highest BCUT2D eigenvalue weighted by molar-refractivity contribution is 7.10. The van der Waals surface area contributed by atoms with Crippen LogP contribution in [0.2, 0.25) is 0 Å². The molecule has 1 N–H and O–H groups in total. The van der Waals surface area contributed by atoms with Crippen molar-refractivity contribution in [3.8, 4) is 0 Å². The molecule has 2 rings (SSSR count). The maximum atomic E-state index is 11.5. The van der Waals surface area contributed by atoms with Gasteiger partial charge in [0.2, 0.25) is 0 Å². The van der Waals surface area contributed by atoms with Crippen LogP contribution in [-0.2, 0) is 4.74 Å². The Morgan fingerprint density at radius 2 is 2.21 bits per heavy atom. The first-order valence-corrected chi connectivity index (χ1v) is 7.11. The van der Waals surface area contributed by atoms with Crippen LogP contribution in [0.1, 0.15) is 34.6 Å². The van der Waals surface area contributed by atoms with Gasteiger partial charge < -0.3 is 10.1 Å². The summed E-state index contributed by atoms with van der Waals surface area (Å²) in [5.41, 5.74) is 1.50. The molecule has 1 unspecified atom stereocenters. The Bertz CT molecular complexity index is 537. The number of hydrogen-bond donors (Lipinski definition) is 1. The van der Waals surface area contributed by atoms with Gasteiger partial charge in [-0.2, -0.15) is 0 Å². The molecule has 0 fully saturated rings. The van der Waals surface area contributed by atoms with Crippen LogP contribution < -0.4 is 5.32 Å². The summed E-state index contributed by atoms with van der Waals surface area (Å²) in [5, 5.41) is 5.53. The molecule has 0 spiro atoms. The fourth-order valence-corrected chi connectivity index (χ4v) is 2.78. The largest absolute Gasteiger partial charge is 0.465 e. The molecule has 2 aromatic rings. The number of thiophene rings is 1. The number of hydrogen-bond acceptors (Lipinski definition) is 4. The maximum Gasteiger partial charge on any atom is 0.337 e. The predicted octanol–water partition coefficient (Wildman–Crippen LogP) is 4.10. The molecule has 0 aliphatic rings. The Kier molecular flexibility index (Phi) is 4.58. The van der Waals surface area contributed by atoms with E-state index in [1.807, 2.05) is 18.2 Å². The van der Waals surface area contributed by atoms with Crippen molar-refractivity contribution in [2.45, 2.75) is 19.4 Å². The van der Waals surface area contributed by atoms with Crippen LogP contribution in [0.15, 0.2) is 41.8 Å². The molecule has 1 atom stereocenters. The number of benzene rings is 1. The summed E-state index contributed by atoms with van der Waals surface area (Å²) in [5.74, 6) is -0.312. The zero-order chi connectivity index (χ0) is 13.7.